The van der Waals surface area contributed by atoms with Gasteiger partial charge in [0.05, 0.1) is 6.10 Å². The molecule has 0 radical (unpaired) electrons. The lowest BCUT2D eigenvalue weighted by Crippen LogP contribution is -2.21. The van der Waals surface area contributed by atoms with Crippen LogP contribution in [0.2, 0.25) is 0 Å². The molecule has 0 aliphatic rings. The van der Waals surface area contributed by atoms with Crippen molar-refractivity contribution < 1.29 is 19.4 Å². The molecule has 5 heteroatoms. The molecule has 1 rings (SSSR count). The van der Waals surface area contributed by atoms with E-state index in [2.05, 4.69) is 0 Å². The van der Waals surface area contributed by atoms with Crippen LogP contribution in [0, 0.1) is 5.92 Å². The lowest BCUT2D eigenvalue weighted by molar-refractivity contribution is -0.147. The Morgan fingerprint density at radius 2 is 1.81 bits per heavy atom. The second-order valence-electron chi connectivity index (χ2n) is 5.38. The number of benzene rings is 1. The van der Waals surface area contributed by atoms with Crippen molar-refractivity contribution in [1.29, 1.82) is 0 Å². The summed E-state index contributed by atoms with van der Waals surface area (Å²) in [4.78, 5) is 23.2. The molecule has 114 valence electrons. The maximum absolute atomic E-state index is 12.0. The molecule has 0 bridgehead atoms. The Kier molecular flexibility index (Phi) is 5.96. The van der Waals surface area contributed by atoms with Gasteiger partial charge >= 0.3 is 11.9 Å². The molecule has 0 saturated carbocycles. The van der Waals surface area contributed by atoms with Crippen LogP contribution in [0.25, 0.3) is 6.08 Å². The van der Waals surface area contributed by atoms with Gasteiger partial charge in [-0.1, -0.05) is 26.0 Å². The minimum atomic E-state index is -1.31. The summed E-state index contributed by atoms with van der Waals surface area (Å²) in [6.45, 7) is 5.76. The highest BCUT2D eigenvalue weighted by molar-refractivity contribution is 6.17. The Labute approximate surface area is 124 Å². The second kappa shape index (κ2) is 7.47. The first kappa shape index (κ1) is 16.8. The lowest BCUT2D eigenvalue weighted by Gasteiger charge is -2.15. The van der Waals surface area contributed by atoms with Gasteiger partial charge in [0.1, 0.15) is 5.57 Å². The summed E-state index contributed by atoms with van der Waals surface area (Å²) in [5, 5.41) is 9.16. The molecule has 0 amide bonds. The van der Waals surface area contributed by atoms with E-state index < -0.39 is 17.5 Å². The second-order valence-corrected chi connectivity index (χ2v) is 5.38. The Balaban J connectivity index is 2.88. The van der Waals surface area contributed by atoms with Crippen LogP contribution in [0.3, 0.4) is 0 Å². The average Bonchev–Trinajstić information content (AvgIpc) is 2.36. The third kappa shape index (κ3) is 5.69. The molecule has 1 unspecified atom stereocenters. The molecular formula is C16H21NO4. The number of aliphatic carboxylic acids is 1. The number of nitrogen functional groups attached to an aromatic ring is 1. The monoisotopic (exact) mass is 291 g/mol. The van der Waals surface area contributed by atoms with Crippen LogP contribution >= 0.6 is 0 Å². The van der Waals surface area contributed by atoms with E-state index in [-0.39, 0.29) is 6.10 Å². The number of ether oxygens (including phenoxy) is 1. The average molecular weight is 291 g/mol. The molecule has 3 N–H and O–H groups in total. The van der Waals surface area contributed by atoms with E-state index in [9.17, 15) is 9.59 Å². The quantitative estimate of drug-likeness (QED) is 0.276. The fourth-order valence-electron chi connectivity index (χ4n) is 1.93. The number of nitrogens with two attached hydrogens (primary N) is 1. The Hall–Kier alpha value is -2.30. The molecule has 0 heterocycles. The third-order valence-corrected chi connectivity index (χ3v) is 2.81. The van der Waals surface area contributed by atoms with Gasteiger partial charge in [0, 0.05) is 5.69 Å². The van der Waals surface area contributed by atoms with Crippen LogP contribution in [0.5, 0.6) is 0 Å². The van der Waals surface area contributed by atoms with E-state index >= 15 is 0 Å². The highest BCUT2D eigenvalue weighted by atomic mass is 16.5. The van der Waals surface area contributed by atoms with Crippen molar-refractivity contribution in [1.82, 2.24) is 0 Å². The summed E-state index contributed by atoms with van der Waals surface area (Å²) in [6, 6.07) is 6.56. The van der Waals surface area contributed by atoms with Crippen LogP contribution < -0.4 is 5.73 Å². The number of carboxylic acids is 1. The van der Waals surface area contributed by atoms with Gasteiger partial charge in [-0.3, -0.25) is 0 Å². The van der Waals surface area contributed by atoms with Gasteiger partial charge in [-0.15, -0.1) is 0 Å². The lowest BCUT2D eigenvalue weighted by atomic mass is 10.1. The van der Waals surface area contributed by atoms with E-state index in [1.54, 1.807) is 31.2 Å². The SMILES string of the molecule is CC(C)CC(C)OC(=O)C(=Cc1ccc(N)cc1)C(=O)O. The van der Waals surface area contributed by atoms with Gasteiger partial charge in [0.15, 0.2) is 0 Å². The van der Waals surface area contributed by atoms with Crippen molar-refractivity contribution in [3.05, 3.63) is 35.4 Å². The topological polar surface area (TPSA) is 89.6 Å². The number of rotatable bonds is 6. The van der Waals surface area contributed by atoms with Crippen LogP contribution in [-0.4, -0.2) is 23.1 Å². The van der Waals surface area contributed by atoms with Crippen molar-refractivity contribution >= 4 is 23.7 Å². The predicted molar refractivity (Wildman–Crippen MR) is 81.5 cm³/mol. The number of carbonyl (C=O) groups excluding carboxylic acids is 1. The van der Waals surface area contributed by atoms with Crippen LogP contribution in [0.1, 0.15) is 32.8 Å². The summed E-state index contributed by atoms with van der Waals surface area (Å²) in [7, 11) is 0. The molecular weight excluding hydrogens is 270 g/mol. The predicted octanol–water partition coefficient (Wildman–Crippen LogP) is 2.71. The van der Waals surface area contributed by atoms with Crippen molar-refractivity contribution in [2.75, 3.05) is 5.73 Å². The van der Waals surface area contributed by atoms with Gasteiger partial charge in [0.2, 0.25) is 0 Å². The maximum atomic E-state index is 12.0. The summed E-state index contributed by atoms with van der Waals surface area (Å²) in [6.07, 6.45) is 1.64. The first-order chi connectivity index (χ1) is 9.79. The molecule has 0 spiro atoms. The molecule has 1 atom stereocenters. The number of carboxylic acid groups (broad SMARTS) is 1. The van der Waals surface area contributed by atoms with E-state index in [1.165, 1.54) is 6.08 Å². The van der Waals surface area contributed by atoms with Gasteiger partial charge < -0.3 is 15.6 Å². The zero-order chi connectivity index (χ0) is 16.0. The third-order valence-electron chi connectivity index (χ3n) is 2.81. The zero-order valence-electron chi connectivity index (χ0n) is 12.5. The largest absolute Gasteiger partial charge is 0.477 e. The van der Waals surface area contributed by atoms with Gasteiger partial charge in [-0.05, 0) is 43.0 Å². The summed E-state index contributed by atoms with van der Waals surface area (Å²) >= 11 is 0. The summed E-state index contributed by atoms with van der Waals surface area (Å²) < 4.78 is 5.17. The molecule has 0 aliphatic carbocycles. The van der Waals surface area contributed by atoms with E-state index in [0.29, 0.717) is 23.6 Å². The fourth-order valence-corrected chi connectivity index (χ4v) is 1.93. The Bertz CT molecular complexity index is 532. The van der Waals surface area contributed by atoms with Crippen molar-refractivity contribution in [3.8, 4) is 0 Å². The Morgan fingerprint density at radius 1 is 1.24 bits per heavy atom. The summed E-state index contributed by atoms with van der Waals surface area (Å²) in [5.74, 6) is -1.77. The minimum absolute atomic E-state index is 0.327. The highest BCUT2D eigenvalue weighted by Gasteiger charge is 2.21. The van der Waals surface area contributed by atoms with Gasteiger partial charge in [-0.25, -0.2) is 9.59 Å². The molecule has 5 nitrogen and oxygen atoms in total. The van der Waals surface area contributed by atoms with Crippen molar-refractivity contribution in [2.24, 2.45) is 5.92 Å². The van der Waals surface area contributed by atoms with E-state index in [4.69, 9.17) is 15.6 Å². The number of anilines is 1. The molecule has 0 aromatic heterocycles. The molecule has 1 aromatic carbocycles. The summed E-state index contributed by atoms with van der Waals surface area (Å²) in [5.41, 5.74) is 6.31. The van der Waals surface area contributed by atoms with E-state index in [1.807, 2.05) is 13.8 Å². The first-order valence-electron chi connectivity index (χ1n) is 6.81. The number of hydrogen-bond donors (Lipinski definition) is 2. The minimum Gasteiger partial charge on any atom is -0.477 e. The maximum Gasteiger partial charge on any atom is 0.345 e. The van der Waals surface area contributed by atoms with Gasteiger partial charge in [0.25, 0.3) is 0 Å². The smallest absolute Gasteiger partial charge is 0.345 e. The van der Waals surface area contributed by atoms with E-state index in [0.717, 1.165) is 0 Å². The molecule has 0 fully saturated rings. The van der Waals surface area contributed by atoms with Crippen molar-refractivity contribution in [2.45, 2.75) is 33.3 Å². The molecule has 0 aliphatic heterocycles. The zero-order valence-corrected chi connectivity index (χ0v) is 12.5. The van der Waals surface area contributed by atoms with Crippen LogP contribution in [-0.2, 0) is 14.3 Å². The highest BCUT2D eigenvalue weighted by Crippen LogP contribution is 2.14. The first-order valence-corrected chi connectivity index (χ1v) is 6.81. The van der Waals surface area contributed by atoms with Crippen molar-refractivity contribution in [3.63, 3.8) is 0 Å². The normalized spacial score (nSPS) is 13.0. The standard InChI is InChI=1S/C16H21NO4/c1-10(2)8-11(3)21-16(20)14(15(18)19)9-12-4-6-13(17)7-5-12/h4-7,9-11H,8,17H2,1-3H3,(H,18,19). The Morgan fingerprint density at radius 3 is 2.29 bits per heavy atom. The number of carbonyl (C=O) groups is 2. The number of hydrogen-bond acceptors (Lipinski definition) is 4. The molecule has 1 aromatic rings. The van der Waals surface area contributed by atoms with Gasteiger partial charge in [-0.2, -0.15) is 0 Å². The fraction of sp³-hybridized carbons (Fsp3) is 0.375. The molecule has 21 heavy (non-hydrogen) atoms. The van der Waals surface area contributed by atoms with Crippen LogP contribution in [0.15, 0.2) is 29.8 Å². The number of esters is 1. The van der Waals surface area contributed by atoms with Crippen LogP contribution in [0.4, 0.5) is 5.69 Å². The molecule has 0 saturated heterocycles.